The van der Waals surface area contributed by atoms with E-state index in [4.69, 9.17) is 10.0 Å². The molecule has 0 amide bonds. The summed E-state index contributed by atoms with van der Waals surface area (Å²) in [5.74, 6) is 0.00835. The maximum Gasteiger partial charge on any atom is 0.488 e. The van der Waals surface area contributed by atoms with Gasteiger partial charge in [-0.3, -0.25) is 0 Å². The van der Waals surface area contributed by atoms with Crippen molar-refractivity contribution in [1.29, 1.82) is 0 Å². The molecule has 0 spiro atoms. The van der Waals surface area contributed by atoms with Gasteiger partial charge in [0.25, 0.3) is 0 Å². The van der Waals surface area contributed by atoms with Crippen molar-refractivity contribution in [2.75, 3.05) is 0 Å². The van der Waals surface area contributed by atoms with Crippen molar-refractivity contribution in [3.05, 3.63) is 54.0 Å². The van der Waals surface area contributed by atoms with Crippen molar-refractivity contribution in [1.82, 2.24) is 4.98 Å². The van der Waals surface area contributed by atoms with E-state index >= 15 is 0 Å². The fraction of sp³-hybridized carbons (Fsp3) is 0.0833. The van der Waals surface area contributed by atoms with Gasteiger partial charge in [-0.15, -0.1) is 11.8 Å². The first-order chi connectivity index (χ1) is 8.66. The average Bonchev–Trinajstić information content (AvgIpc) is 2.38. The van der Waals surface area contributed by atoms with Crippen LogP contribution in [0.15, 0.2) is 47.6 Å². The molecule has 0 aliphatic rings. The Labute approximate surface area is 109 Å². The molecule has 0 aliphatic carbocycles. The second-order valence-electron chi connectivity index (χ2n) is 3.68. The lowest BCUT2D eigenvalue weighted by Crippen LogP contribution is -2.30. The lowest BCUT2D eigenvalue weighted by atomic mass is 9.80. The number of hydrogen-bond donors (Lipinski definition) is 2. The van der Waals surface area contributed by atoms with Crippen LogP contribution in [-0.4, -0.2) is 22.2 Å². The molecular formula is C12H11BFNO2S. The molecule has 0 aliphatic heterocycles. The van der Waals surface area contributed by atoms with E-state index in [1.54, 1.807) is 12.3 Å². The summed E-state index contributed by atoms with van der Waals surface area (Å²) in [4.78, 5) is 4.13. The molecule has 6 heteroatoms. The van der Waals surface area contributed by atoms with Crippen molar-refractivity contribution in [3.8, 4) is 0 Å². The minimum atomic E-state index is -1.64. The van der Waals surface area contributed by atoms with E-state index in [1.807, 2.05) is 18.2 Å². The SMILES string of the molecule is OB(O)c1ccc(CSc2ccccn2)c(F)c1. The number of nitrogens with zero attached hydrogens (tertiary/aromatic N) is 1. The molecular weight excluding hydrogens is 252 g/mol. The molecule has 0 saturated carbocycles. The third kappa shape index (κ3) is 3.32. The van der Waals surface area contributed by atoms with Crippen LogP contribution in [0.4, 0.5) is 4.39 Å². The van der Waals surface area contributed by atoms with E-state index < -0.39 is 12.9 Å². The van der Waals surface area contributed by atoms with E-state index in [0.29, 0.717) is 11.3 Å². The van der Waals surface area contributed by atoms with Crippen LogP contribution < -0.4 is 5.46 Å². The number of aromatic nitrogens is 1. The number of pyridine rings is 1. The van der Waals surface area contributed by atoms with Gasteiger partial charge >= 0.3 is 7.12 Å². The lowest BCUT2D eigenvalue weighted by Gasteiger charge is -2.05. The van der Waals surface area contributed by atoms with Gasteiger partial charge in [0.2, 0.25) is 0 Å². The molecule has 3 nitrogen and oxygen atoms in total. The Morgan fingerprint density at radius 1 is 1.22 bits per heavy atom. The molecule has 1 heterocycles. The molecule has 2 N–H and O–H groups in total. The molecule has 0 unspecified atom stereocenters. The number of halogens is 1. The minimum absolute atomic E-state index is 0.152. The van der Waals surface area contributed by atoms with Crippen molar-refractivity contribution in [2.45, 2.75) is 10.8 Å². The van der Waals surface area contributed by atoms with Crippen molar-refractivity contribution in [3.63, 3.8) is 0 Å². The zero-order valence-corrected chi connectivity index (χ0v) is 10.3. The summed E-state index contributed by atoms with van der Waals surface area (Å²) in [6.07, 6.45) is 1.68. The molecule has 0 fully saturated rings. The van der Waals surface area contributed by atoms with E-state index in [-0.39, 0.29) is 5.46 Å². The first-order valence-electron chi connectivity index (χ1n) is 5.35. The topological polar surface area (TPSA) is 53.4 Å². The van der Waals surface area contributed by atoms with Crippen molar-refractivity contribution in [2.24, 2.45) is 0 Å². The monoisotopic (exact) mass is 263 g/mol. The molecule has 18 heavy (non-hydrogen) atoms. The van der Waals surface area contributed by atoms with Crippen LogP contribution in [0, 0.1) is 5.82 Å². The summed E-state index contributed by atoms with van der Waals surface area (Å²) < 4.78 is 13.7. The summed E-state index contributed by atoms with van der Waals surface area (Å²) in [7, 11) is -1.64. The second-order valence-corrected chi connectivity index (χ2v) is 4.68. The maximum atomic E-state index is 13.7. The van der Waals surface area contributed by atoms with Crippen LogP contribution in [0.5, 0.6) is 0 Å². The van der Waals surface area contributed by atoms with Crippen LogP contribution in [-0.2, 0) is 5.75 Å². The second kappa shape index (κ2) is 5.99. The summed E-state index contributed by atoms with van der Waals surface area (Å²) in [5, 5.41) is 18.7. The Morgan fingerprint density at radius 3 is 2.67 bits per heavy atom. The standard InChI is InChI=1S/C12H11BFNO2S/c14-11-7-10(13(16)17)5-4-9(11)8-18-12-3-1-2-6-15-12/h1-7,16-17H,8H2. The summed E-state index contributed by atoms with van der Waals surface area (Å²) in [6.45, 7) is 0. The van der Waals surface area contributed by atoms with Gasteiger partial charge < -0.3 is 10.0 Å². The van der Waals surface area contributed by atoms with E-state index in [2.05, 4.69) is 4.98 Å². The first kappa shape index (κ1) is 13.1. The highest BCUT2D eigenvalue weighted by Crippen LogP contribution is 2.21. The average molecular weight is 263 g/mol. The molecule has 0 radical (unpaired) electrons. The maximum absolute atomic E-state index is 13.7. The van der Waals surface area contributed by atoms with Gasteiger partial charge in [-0.05, 0) is 29.2 Å². The molecule has 0 saturated heterocycles. The molecule has 0 atom stereocenters. The van der Waals surface area contributed by atoms with E-state index in [0.717, 1.165) is 11.1 Å². The highest BCUT2D eigenvalue weighted by molar-refractivity contribution is 7.98. The third-order valence-corrected chi connectivity index (χ3v) is 3.38. The smallest absolute Gasteiger partial charge is 0.423 e. The Hall–Kier alpha value is -1.37. The summed E-state index contributed by atoms with van der Waals surface area (Å²) in [5.41, 5.74) is 0.661. The number of thioether (sulfide) groups is 1. The van der Waals surface area contributed by atoms with Gasteiger partial charge in [-0.2, -0.15) is 0 Å². The fourth-order valence-corrected chi connectivity index (χ4v) is 2.27. The Balaban J connectivity index is 2.06. The zero-order chi connectivity index (χ0) is 13.0. The van der Waals surface area contributed by atoms with E-state index in [9.17, 15) is 4.39 Å². The fourth-order valence-electron chi connectivity index (χ4n) is 1.43. The van der Waals surface area contributed by atoms with Gasteiger partial charge in [-0.1, -0.05) is 18.2 Å². The lowest BCUT2D eigenvalue weighted by molar-refractivity contribution is 0.425. The number of hydrogen-bond acceptors (Lipinski definition) is 4. The normalized spacial score (nSPS) is 10.4. The van der Waals surface area contributed by atoms with Gasteiger partial charge in [-0.25, -0.2) is 9.37 Å². The number of benzene rings is 1. The quantitative estimate of drug-likeness (QED) is 0.642. The van der Waals surface area contributed by atoms with Crippen molar-refractivity contribution >= 4 is 24.3 Å². The van der Waals surface area contributed by atoms with E-state index in [1.165, 1.54) is 17.8 Å². The summed E-state index contributed by atoms with van der Waals surface area (Å²) in [6, 6.07) is 9.74. The highest BCUT2D eigenvalue weighted by atomic mass is 32.2. The van der Waals surface area contributed by atoms with Gasteiger partial charge in [0.1, 0.15) is 5.82 Å². The number of rotatable bonds is 4. The largest absolute Gasteiger partial charge is 0.488 e. The van der Waals surface area contributed by atoms with Crippen LogP contribution >= 0.6 is 11.8 Å². The molecule has 2 rings (SSSR count). The zero-order valence-electron chi connectivity index (χ0n) is 9.45. The molecule has 92 valence electrons. The minimum Gasteiger partial charge on any atom is -0.423 e. The predicted molar refractivity (Wildman–Crippen MR) is 70.0 cm³/mol. The Morgan fingerprint density at radius 2 is 2.06 bits per heavy atom. The third-order valence-electron chi connectivity index (χ3n) is 2.39. The predicted octanol–water partition coefficient (Wildman–Crippen LogP) is 1.19. The van der Waals surface area contributed by atoms with Crippen LogP contribution in [0.3, 0.4) is 0 Å². The van der Waals surface area contributed by atoms with Gasteiger partial charge in [0, 0.05) is 11.9 Å². The van der Waals surface area contributed by atoms with Gasteiger partial charge in [0.15, 0.2) is 0 Å². The van der Waals surface area contributed by atoms with Crippen molar-refractivity contribution < 1.29 is 14.4 Å². The highest BCUT2D eigenvalue weighted by Gasteiger charge is 2.13. The van der Waals surface area contributed by atoms with Crippen LogP contribution in [0.1, 0.15) is 5.56 Å². The van der Waals surface area contributed by atoms with Gasteiger partial charge in [0.05, 0.1) is 5.03 Å². The molecule has 0 bridgehead atoms. The molecule has 1 aromatic heterocycles. The summed E-state index contributed by atoms with van der Waals surface area (Å²) >= 11 is 1.43. The van der Waals surface area contributed by atoms with Crippen LogP contribution in [0.25, 0.3) is 0 Å². The molecule has 2 aromatic rings. The van der Waals surface area contributed by atoms with Crippen LogP contribution in [0.2, 0.25) is 0 Å². The Bertz CT molecular complexity index is 525. The Kier molecular flexibility index (Phi) is 4.35. The molecule has 1 aromatic carbocycles. The first-order valence-corrected chi connectivity index (χ1v) is 6.33.